The topological polar surface area (TPSA) is 115 Å². The highest BCUT2D eigenvalue weighted by Crippen LogP contribution is 2.36. The highest BCUT2D eigenvalue weighted by atomic mass is 35.5. The number of fused-ring (bicyclic) bond motifs is 1. The van der Waals surface area contributed by atoms with Gasteiger partial charge in [-0.15, -0.1) is 0 Å². The van der Waals surface area contributed by atoms with Crippen LogP contribution in [0.4, 0.5) is 5.82 Å². The van der Waals surface area contributed by atoms with Gasteiger partial charge in [-0.2, -0.15) is 5.10 Å². The normalized spacial score (nSPS) is 11.8. The number of primary sulfonamides is 1. The van der Waals surface area contributed by atoms with Crippen molar-refractivity contribution < 1.29 is 8.42 Å². The molecule has 2 heterocycles. The molecule has 10 heteroatoms. The van der Waals surface area contributed by atoms with E-state index in [0.29, 0.717) is 22.2 Å². The lowest BCUT2D eigenvalue weighted by Crippen LogP contribution is -2.12. The standard InChI is InChI=1S/C25H19ClN6O2S/c26-19-8-6-18(7-9-19)22-15-32(20-10-12-21(13-11-20)35(27,33)34)25-23(22)24(28-16-29-25)31-30-14-17-4-2-1-3-5-17/h1-16H,(H2,27,33,34)(H,28,29,31)/b30-14+. The van der Waals surface area contributed by atoms with E-state index >= 15 is 0 Å². The van der Waals surface area contributed by atoms with Gasteiger partial charge in [0.05, 0.1) is 16.5 Å². The Kier molecular flexibility index (Phi) is 6.04. The van der Waals surface area contributed by atoms with Gasteiger partial charge < -0.3 is 4.57 Å². The molecule has 0 aliphatic heterocycles. The van der Waals surface area contributed by atoms with Gasteiger partial charge >= 0.3 is 0 Å². The zero-order chi connectivity index (χ0) is 24.4. The second kappa shape index (κ2) is 9.30. The molecule has 0 spiro atoms. The van der Waals surface area contributed by atoms with Gasteiger partial charge in [-0.25, -0.2) is 23.5 Å². The van der Waals surface area contributed by atoms with Gasteiger partial charge in [0, 0.05) is 22.5 Å². The van der Waals surface area contributed by atoms with Crippen molar-refractivity contribution in [2.45, 2.75) is 4.90 Å². The Morgan fingerprint density at radius 3 is 2.34 bits per heavy atom. The van der Waals surface area contributed by atoms with E-state index in [1.807, 2.05) is 65.4 Å². The third-order valence-corrected chi connectivity index (χ3v) is 6.55. The van der Waals surface area contributed by atoms with Crippen LogP contribution in [0.1, 0.15) is 5.56 Å². The maximum Gasteiger partial charge on any atom is 0.238 e. The molecule has 0 aliphatic carbocycles. The first kappa shape index (κ1) is 22.7. The predicted molar refractivity (Wildman–Crippen MR) is 138 cm³/mol. The van der Waals surface area contributed by atoms with Crippen LogP contribution in [-0.2, 0) is 10.0 Å². The van der Waals surface area contributed by atoms with Crippen LogP contribution in [-0.4, -0.2) is 29.2 Å². The second-order valence-corrected chi connectivity index (χ2v) is 9.66. The third kappa shape index (κ3) is 4.78. The molecule has 174 valence electrons. The molecule has 0 saturated carbocycles. The molecule has 0 radical (unpaired) electrons. The van der Waals surface area contributed by atoms with Crippen molar-refractivity contribution in [1.29, 1.82) is 0 Å². The maximum atomic E-state index is 11.7. The molecule has 3 N–H and O–H groups in total. The van der Waals surface area contributed by atoms with E-state index in [9.17, 15) is 8.42 Å². The number of anilines is 1. The van der Waals surface area contributed by atoms with Crippen molar-refractivity contribution in [3.8, 4) is 16.8 Å². The van der Waals surface area contributed by atoms with Crippen LogP contribution in [0.5, 0.6) is 0 Å². The first-order chi connectivity index (χ1) is 16.9. The zero-order valence-corrected chi connectivity index (χ0v) is 19.8. The first-order valence-corrected chi connectivity index (χ1v) is 12.4. The van der Waals surface area contributed by atoms with E-state index < -0.39 is 10.0 Å². The minimum absolute atomic E-state index is 0.0304. The fourth-order valence-corrected chi connectivity index (χ4v) is 4.34. The van der Waals surface area contributed by atoms with Gasteiger partial charge in [0.15, 0.2) is 11.5 Å². The Balaban J connectivity index is 1.64. The quantitative estimate of drug-likeness (QED) is 0.255. The summed E-state index contributed by atoms with van der Waals surface area (Å²) < 4.78 is 25.2. The summed E-state index contributed by atoms with van der Waals surface area (Å²) in [5, 5.41) is 11.0. The molecule has 2 aromatic heterocycles. The van der Waals surface area contributed by atoms with Gasteiger partial charge in [0.2, 0.25) is 10.0 Å². The lowest BCUT2D eigenvalue weighted by atomic mass is 10.1. The van der Waals surface area contributed by atoms with E-state index in [-0.39, 0.29) is 4.90 Å². The van der Waals surface area contributed by atoms with Crippen molar-refractivity contribution in [3.63, 3.8) is 0 Å². The minimum atomic E-state index is -3.80. The Hall–Kier alpha value is -4.05. The number of aromatic nitrogens is 3. The molecule has 35 heavy (non-hydrogen) atoms. The summed E-state index contributed by atoms with van der Waals surface area (Å²) in [5.41, 5.74) is 7.06. The molecular weight excluding hydrogens is 484 g/mol. The molecule has 0 fully saturated rings. The number of rotatable bonds is 6. The lowest BCUT2D eigenvalue weighted by Gasteiger charge is -2.07. The van der Waals surface area contributed by atoms with E-state index in [1.54, 1.807) is 18.3 Å². The van der Waals surface area contributed by atoms with Crippen LogP contribution in [0.3, 0.4) is 0 Å². The van der Waals surface area contributed by atoms with Crippen molar-refractivity contribution >= 4 is 44.7 Å². The summed E-state index contributed by atoms with van der Waals surface area (Å²) in [6.45, 7) is 0. The van der Waals surface area contributed by atoms with Gasteiger partial charge in [-0.3, -0.25) is 5.43 Å². The fourth-order valence-electron chi connectivity index (χ4n) is 3.70. The Labute approximate surface area is 206 Å². The molecule has 8 nitrogen and oxygen atoms in total. The summed E-state index contributed by atoms with van der Waals surface area (Å²) in [5.74, 6) is 0.520. The molecule has 3 aromatic carbocycles. The summed E-state index contributed by atoms with van der Waals surface area (Å²) in [6, 6.07) is 23.4. The van der Waals surface area contributed by atoms with Gasteiger partial charge in [0.25, 0.3) is 0 Å². The largest absolute Gasteiger partial charge is 0.301 e. The maximum absolute atomic E-state index is 11.7. The predicted octanol–water partition coefficient (Wildman–Crippen LogP) is 4.83. The average Bonchev–Trinajstić information content (AvgIpc) is 3.25. The van der Waals surface area contributed by atoms with Crippen LogP contribution in [0, 0.1) is 0 Å². The number of benzene rings is 3. The molecule has 0 saturated heterocycles. The van der Waals surface area contributed by atoms with Crippen molar-refractivity contribution in [1.82, 2.24) is 14.5 Å². The van der Waals surface area contributed by atoms with Crippen LogP contribution >= 0.6 is 11.6 Å². The molecule has 0 atom stereocenters. The number of halogens is 1. The van der Waals surface area contributed by atoms with Gasteiger partial charge in [-0.05, 0) is 47.5 Å². The summed E-state index contributed by atoms with van der Waals surface area (Å²) in [7, 11) is -3.80. The molecule has 5 aromatic rings. The number of hydrogen-bond donors (Lipinski definition) is 2. The van der Waals surface area contributed by atoms with Gasteiger partial charge in [-0.1, -0.05) is 54.1 Å². The summed E-state index contributed by atoms with van der Waals surface area (Å²) in [4.78, 5) is 8.96. The molecule has 0 amide bonds. The van der Waals surface area contributed by atoms with Gasteiger partial charge in [0.1, 0.15) is 6.33 Å². The monoisotopic (exact) mass is 502 g/mol. The zero-order valence-electron chi connectivity index (χ0n) is 18.2. The van der Waals surface area contributed by atoms with Crippen LogP contribution in [0.2, 0.25) is 5.02 Å². The summed E-state index contributed by atoms with van der Waals surface area (Å²) in [6.07, 6.45) is 5.07. The Bertz CT molecular complexity index is 1630. The molecule has 5 rings (SSSR count). The van der Waals surface area contributed by atoms with Crippen LogP contribution in [0.25, 0.3) is 27.8 Å². The minimum Gasteiger partial charge on any atom is -0.301 e. The van der Waals surface area contributed by atoms with Crippen LogP contribution < -0.4 is 10.6 Å². The Morgan fingerprint density at radius 2 is 1.66 bits per heavy atom. The van der Waals surface area contributed by atoms with Crippen molar-refractivity contribution in [2.24, 2.45) is 10.2 Å². The number of nitrogens with zero attached hydrogens (tertiary/aromatic N) is 4. The van der Waals surface area contributed by atoms with E-state index in [1.165, 1.54) is 18.5 Å². The molecular formula is C25H19ClN6O2S. The lowest BCUT2D eigenvalue weighted by molar-refractivity contribution is 0.598. The number of sulfonamides is 1. The van der Waals surface area contributed by atoms with E-state index in [0.717, 1.165) is 22.1 Å². The third-order valence-electron chi connectivity index (χ3n) is 5.37. The SMILES string of the molecule is NS(=O)(=O)c1ccc(-n2cc(-c3ccc(Cl)cc3)c3c(N/N=C/c4ccccc4)ncnc32)cc1. The highest BCUT2D eigenvalue weighted by Gasteiger charge is 2.18. The van der Waals surface area contributed by atoms with Crippen LogP contribution in [0.15, 0.2) is 101 Å². The number of nitrogens with two attached hydrogens (primary N) is 1. The molecule has 0 bridgehead atoms. The number of nitrogens with one attached hydrogen (secondary N) is 1. The average molecular weight is 503 g/mol. The van der Waals surface area contributed by atoms with Crippen molar-refractivity contribution in [2.75, 3.05) is 5.43 Å². The Morgan fingerprint density at radius 1 is 0.943 bits per heavy atom. The summed E-state index contributed by atoms with van der Waals surface area (Å²) >= 11 is 6.11. The van der Waals surface area contributed by atoms with E-state index in [2.05, 4.69) is 20.5 Å². The first-order valence-electron chi connectivity index (χ1n) is 10.5. The van der Waals surface area contributed by atoms with E-state index in [4.69, 9.17) is 16.7 Å². The number of hydrazone groups is 1. The smallest absolute Gasteiger partial charge is 0.238 e. The number of hydrogen-bond acceptors (Lipinski definition) is 6. The molecule has 0 aliphatic rings. The second-order valence-electron chi connectivity index (χ2n) is 7.66. The highest BCUT2D eigenvalue weighted by molar-refractivity contribution is 7.89. The fraction of sp³-hybridized carbons (Fsp3) is 0. The molecule has 0 unspecified atom stereocenters. The van der Waals surface area contributed by atoms with Crippen molar-refractivity contribution in [3.05, 3.63) is 102 Å².